The summed E-state index contributed by atoms with van der Waals surface area (Å²) < 4.78 is 11.6. The van der Waals surface area contributed by atoms with Gasteiger partial charge in [0.1, 0.15) is 0 Å². The quantitative estimate of drug-likeness (QED) is 0.488. The first kappa shape index (κ1) is 23.3. The summed E-state index contributed by atoms with van der Waals surface area (Å²) in [6.07, 6.45) is 3.94. The summed E-state index contributed by atoms with van der Waals surface area (Å²) in [7, 11) is 0. The summed E-state index contributed by atoms with van der Waals surface area (Å²) in [6, 6.07) is 16.0. The molecule has 0 spiro atoms. The molecule has 1 fully saturated rings. The Balaban J connectivity index is 1.54. The second-order valence-corrected chi connectivity index (χ2v) is 9.20. The van der Waals surface area contributed by atoms with Crippen molar-refractivity contribution in [2.45, 2.75) is 58.6 Å². The number of amides is 2. The standard InChI is InChI=1S/C28H32N4O3/c1-4-19-8-12-21(13-9-19)25-24(18(3)32(28(33)29-25)17-23-7-6-16-34-23)27-30-26(31-35-27)22-14-10-20(5-2)11-15-22/h8-15,23,25H,4-7,16-17H2,1-3H3,(H,29,33). The van der Waals surface area contributed by atoms with Gasteiger partial charge in [0, 0.05) is 17.9 Å². The Hall–Kier alpha value is -3.45. The second-order valence-electron chi connectivity index (χ2n) is 9.20. The molecule has 2 aliphatic heterocycles. The average Bonchev–Trinajstić information content (AvgIpc) is 3.59. The third-order valence-electron chi connectivity index (χ3n) is 7.00. The lowest BCUT2D eigenvalue weighted by molar-refractivity contribution is 0.0877. The van der Waals surface area contributed by atoms with Gasteiger partial charge in [0.25, 0.3) is 5.89 Å². The lowest BCUT2D eigenvalue weighted by Gasteiger charge is -2.36. The highest BCUT2D eigenvalue weighted by molar-refractivity contribution is 5.87. The largest absolute Gasteiger partial charge is 0.376 e. The normalized spacial score (nSPS) is 20.4. The minimum absolute atomic E-state index is 0.0349. The smallest absolute Gasteiger partial charge is 0.322 e. The fourth-order valence-corrected chi connectivity index (χ4v) is 4.81. The van der Waals surface area contributed by atoms with Crippen molar-refractivity contribution in [3.05, 3.63) is 76.8 Å². The number of aromatic nitrogens is 2. The highest BCUT2D eigenvalue weighted by Crippen LogP contribution is 2.38. The Labute approximate surface area is 206 Å². The van der Waals surface area contributed by atoms with E-state index in [1.165, 1.54) is 11.1 Å². The first-order valence-corrected chi connectivity index (χ1v) is 12.5. The Morgan fingerprint density at radius 3 is 2.34 bits per heavy atom. The number of carbonyl (C=O) groups is 1. The topological polar surface area (TPSA) is 80.5 Å². The zero-order chi connectivity index (χ0) is 24.4. The van der Waals surface area contributed by atoms with Crippen LogP contribution in [0.1, 0.15) is 62.2 Å². The number of benzene rings is 2. The Bertz CT molecular complexity index is 1210. The summed E-state index contributed by atoms with van der Waals surface area (Å²) in [5.41, 5.74) is 6.00. The SMILES string of the molecule is CCc1ccc(-c2noc(C3=C(C)N(CC4CCCO4)C(=O)NC3c3ccc(CC)cc3)n2)cc1. The number of hydrogen-bond donors (Lipinski definition) is 1. The fraction of sp³-hybridized carbons (Fsp3) is 0.393. The van der Waals surface area contributed by atoms with Gasteiger partial charge in [-0.15, -0.1) is 0 Å². The third-order valence-corrected chi connectivity index (χ3v) is 7.00. The third kappa shape index (κ3) is 4.73. The summed E-state index contributed by atoms with van der Waals surface area (Å²) in [5.74, 6) is 0.949. The van der Waals surface area contributed by atoms with Crippen molar-refractivity contribution in [3.63, 3.8) is 0 Å². The molecule has 3 aromatic rings. The van der Waals surface area contributed by atoms with Crippen LogP contribution in [0, 0.1) is 0 Å². The van der Waals surface area contributed by atoms with E-state index in [-0.39, 0.29) is 18.2 Å². The predicted molar refractivity (Wildman–Crippen MR) is 134 cm³/mol. The van der Waals surface area contributed by atoms with Gasteiger partial charge in [0.15, 0.2) is 0 Å². The van der Waals surface area contributed by atoms with Gasteiger partial charge in [-0.05, 0) is 49.3 Å². The number of allylic oxidation sites excluding steroid dienone is 1. The van der Waals surface area contributed by atoms with Gasteiger partial charge in [-0.25, -0.2) is 4.79 Å². The molecule has 0 aliphatic carbocycles. The van der Waals surface area contributed by atoms with Crippen LogP contribution in [0.5, 0.6) is 0 Å². The number of urea groups is 1. The lowest BCUT2D eigenvalue weighted by Crippen LogP contribution is -2.48. The molecule has 182 valence electrons. The van der Waals surface area contributed by atoms with E-state index in [1.54, 1.807) is 4.90 Å². The molecular formula is C28H32N4O3. The average molecular weight is 473 g/mol. The van der Waals surface area contributed by atoms with Crippen LogP contribution in [0.3, 0.4) is 0 Å². The van der Waals surface area contributed by atoms with Crippen LogP contribution in [-0.2, 0) is 17.6 Å². The molecule has 2 atom stereocenters. The van der Waals surface area contributed by atoms with Crippen LogP contribution >= 0.6 is 0 Å². The summed E-state index contributed by atoms with van der Waals surface area (Å²) in [4.78, 5) is 19.7. The van der Waals surface area contributed by atoms with E-state index in [2.05, 4.69) is 60.7 Å². The number of aryl methyl sites for hydroxylation is 2. The molecule has 1 saturated heterocycles. The Morgan fingerprint density at radius 2 is 1.71 bits per heavy atom. The van der Waals surface area contributed by atoms with Gasteiger partial charge in [-0.3, -0.25) is 4.90 Å². The van der Waals surface area contributed by atoms with E-state index in [0.29, 0.717) is 18.3 Å². The lowest BCUT2D eigenvalue weighted by atomic mass is 9.93. The number of hydrogen-bond acceptors (Lipinski definition) is 5. The van der Waals surface area contributed by atoms with Crippen molar-refractivity contribution in [3.8, 4) is 11.4 Å². The van der Waals surface area contributed by atoms with Crippen molar-refractivity contribution >= 4 is 11.6 Å². The zero-order valence-electron chi connectivity index (χ0n) is 20.6. The second kappa shape index (κ2) is 10.0. The first-order chi connectivity index (χ1) is 17.1. The molecule has 1 aromatic heterocycles. The minimum atomic E-state index is -0.384. The van der Waals surface area contributed by atoms with Crippen LogP contribution in [0.2, 0.25) is 0 Å². The molecule has 3 heterocycles. The van der Waals surface area contributed by atoms with Crippen molar-refractivity contribution in [2.75, 3.05) is 13.2 Å². The first-order valence-electron chi connectivity index (χ1n) is 12.5. The molecule has 7 nitrogen and oxygen atoms in total. The minimum Gasteiger partial charge on any atom is -0.376 e. The molecule has 2 aromatic carbocycles. The van der Waals surface area contributed by atoms with Crippen LogP contribution in [0.4, 0.5) is 4.79 Å². The number of nitrogens with one attached hydrogen (secondary N) is 1. The highest BCUT2D eigenvalue weighted by atomic mass is 16.5. The van der Waals surface area contributed by atoms with E-state index < -0.39 is 0 Å². The van der Waals surface area contributed by atoms with Crippen LogP contribution in [0.15, 0.2) is 58.8 Å². The maximum Gasteiger partial charge on any atom is 0.322 e. The van der Waals surface area contributed by atoms with E-state index in [1.807, 2.05) is 19.1 Å². The zero-order valence-corrected chi connectivity index (χ0v) is 20.6. The highest BCUT2D eigenvalue weighted by Gasteiger charge is 2.37. The van der Waals surface area contributed by atoms with Crippen molar-refractivity contribution in [2.24, 2.45) is 0 Å². The van der Waals surface area contributed by atoms with Crippen molar-refractivity contribution in [1.29, 1.82) is 0 Å². The molecule has 7 heteroatoms. The molecule has 5 rings (SSSR count). The molecule has 0 radical (unpaired) electrons. The van der Waals surface area contributed by atoms with Gasteiger partial charge in [-0.1, -0.05) is 67.5 Å². The monoisotopic (exact) mass is 472 g/mol. The summed E-state index contributed by atoms with van der Waals surface area (Å²) in [5, 5.41) is 7.46. The molecule has 1 N–H and O–H groups in total. The predicted octanol–water partition coefficient (Wildman–Crippen LogP) is 5.54. The van der Waals surface area contributed by atoms with Crippen molar-refractivity contribution < 1.29 is 14.1 Å². The van der Waals surface area contributed by atoms with E-state index >= 15 is 0 Å². The molecule has 0 bridgehead atoms. The van der Waals surface area contributed by atoms with E-state index in [9.17, 15) is 4.79 Å². The summed E-state index contributed by atoms with van der Waals surface area (Å²) in [6.45, 7) is 7.46. The van der Waals surface area contributed by atoms with Gasteiger partial charge in [0.05, 0.1) is 24.3 Å². The number of nitrogens with zero attached hydrogens (tertiary/aromatic N) is 3. The number of rotatable bonds is 7. The van der Waals surface area contributed by atoms with Crippen LogP contribution in [-0.4, -0.2) is 40.3 Å². The summed E-state index contributed by atoms with van der Waals surface area (Å²) >= 11 is 0. The fourth-order valence-electron chi connectivity index (χ4n) is 4.81. The van der Waals surface area contributed by atoms with E-state index in [0.717, 1.165) is 54.7 Å². The van der Waals surface area contributed by atoms with Gasteiger partial charge < -0.3 is 14.6 Å². The number of ether oxygens (including phenoxy) is 1. The molecule has 2 unspecified atom stereocenters. The van der Waals surface area contributed by atoms with Gasteiger partial charge >= 0.3 is 6.03 Å². The Morgan fingerprint density at radius 1 is 1.03 bits per heavy atom. The molecule has 2 aliphatic rings. The molecule has 0 saturated carbocycles. The van der Waals surface area contributed by atoms with Crippen LogP contribution in [0.25, 0.3) is 17.0 Å². The maximum absolute atomic E-state index is 13.2. The van der Waals surface area contributed by atoms with Crippen LogP contribution < -0.4 is 5.32 Å². The number of carbonyl (C=O) groups excluding carboxylic acids is 1. The Kier molecular flexibility index (Phi) is 6.68. The van der Waals surface area contributed by atoms with E-state index in [4.69, 9.17) is 14.2 Å². The maximum atomic E-state index is 13.2. The molecule has 2 amide bonds. The van der Waals surface area contributed by atoms with Gasteiger partial charge in [-0.2, -0.15) is 4.98 Å². The van der Waals surface area contributed by atoms with Crippen molar-refractivity contribution in [1.82, 2.24) is 20.4 Å². The van der Waals surface area contributed by atoms with Gasteiger partial charge in [0.2, 0.25) is 5.82 Å². The molecular weight excluding hydrogens is 440 g/mol. The molecule has 35 heavy (non-hydrogen) atoms.